The predicted octanol–water partition coefficient (Wildman–Crippen LogP) is 2.84. The van der Waals surface area contributed by atoms with Gasteiger partial charge in [-0.1, -0.05) is 26.2 Å². The van der Waals surface area contributed by atoms with Crippen molar-refractivity contribution in [3.05, 3.63) is 0 Å². The molecule has 0 aromatic heterocycles. The Kier molecular flexibility index (Phi) is 5.09. The maximum absolute atomic E-state index is 10.5. The van der Waals surface area contributed by atoms with Gasteiger partial charge in [-0.3, -0.25) is 4.79 Å². The summed E-state index contributed by atoms with van der Waals surface area (Å²) in [5.74, 6) is 0.00568. The predicted molar refractivity (Wildman–Crippen MR) is 58.8 cm³/mol. The fourth-order valence-corrected chi connectivity index (χ4v) is 2.36. The number of carboxylic acid groups (broad SMARTS) is 1. The topological polar surface area (TPSA) is 46.5 Å². The fraction of sp³-hybridized carbons (Fsp3) is 0.917. The lowest BCUT2D eigenvalue weighted by Crippen LogP contribution is -2.27. The Hall–Kier alpha value is -0.570. The highest BCUT2D eigenvalue weighted by Gasteiger charge is 2.23. The summed E-state index contributed by atoms with van der Waals surface area (Å²) in [6.07, 6.45) is 6.22. The van der Waals surface area contributed by atoms with E-state index >= 15 is 0 Å². The molecule has 0 aromatic rings. The first-order chi connectivity index (χ1) is 7.11. The molecule has 0 spiro atoms. The SMILES string of the molecule is CCC1CCCC(O[C@@H](C)CC(=O)O)C1. The molecular formula is C12H22O3. The van der Waals surface area contributed by atoms with Crippen LogP contribution in [0.5, 0.6) is 0 Å². The maximum atomic E-state index is 10.5. The van der Waals surface area contributed by atoms with Crippen LogP contribution in [0.2, 0.25) is 0 Å². The second-order valence-corrected chi connectivity index (χ2v) is 4.61. The van der Waals surface area contributed by atoms with E-state index in [0.717, 1.165) is 18.8 Å². The first kappa shape index (κ1) is 12.5. The molecule has 2 unspecified atom stereocenters. The highest BCUT2D eigenvalue weighted by molar-refractivity contribution is 5.67. The van der Waals surface area contributed by atoms with Gasteiger partial charge in [0.15, 0.2) is 0 Å². The minimum atomic E-state index is -0.773. The van der Waals surface area contributed by atoms with E-state index in [-0.39, 0.29) is 18.6 Å². The van der Waals surface area contributed by atoms with Gasteiger partial charge < -0.3 is 9.84 Å². The monoisotopic (exact) mass is 214 g/mol. The minimum Gasteiger partial charge on any atom is -0.481 e. The van der Waals surface area contributed by atoms with Crippen molar-refractivity contribution in [2.24, 2.45) is 5.92 Å². The Bertz CT molecular complexity index is 203. The van der Waals surface area contributed by atoms with E-state index in [4.69, 9.17) is 9.84 Å². The van der Waals surface area contributed by atoms with E-state index in [2.05, 4.69) is 6.92 Å². The van der Waals surface area contributed by atoms with Gasteiger partial charge in [-0.2, -0.15) is 0 Å². The molecule has 0 radical (unpaired) electrons. The second kappa shape index (κ2) is 6.11. The van der Waals surface area contributed by atoms with Crippen LogP contribution in [0.1, 0.15) is 52.4 Å². The summed E-state index contributed by atoms with van der Waals surface area (Å²) >= 11 is 0. The Morgan fingerprint density at radius 2 is 2.27 bits per heavy atom. The van der Waals surface area contributed by atoms with Crippen LogP contribution in [0.15, 0.2) is 0 Å². The number of hydrogen-bond acceptors (Lipinski definition) is 2. The quantitative estimate of drug-likeness (QED) is 0.765. The van der Waals surface area contributed by atoms with Gasteiger partial charge in [-0.15, -0.1) is 0 Å². The van der Waals surface area contributed by atoms with Crippen LogP contribution in [-0.2, 0) is 9.53 Å². The Morgan fingerprint density at radius 1 is 1.53 bits per heavy atom. The molecule has 0 amide bonds. The third kappa shape index (κ3) is 4.65. The number of rotatable bonds is 5. The zero-order valence-corrected chi connectivity index (χ0v) is 9.74. The molecule has 1 N–H and O–H groups in total. The van der Waals surface area contributed by atoms with E-state index in [1.165, 1.54) is 19.3 Å². The zero-order chi connectivity index (χ0) is 11.3. The van der Waals surface area contributed by atoms with Crippen LogP contribution < -0.4 is 0 Å². The summed E-state index contributed by atoms with van der Waals surface area (Å²) in [6, 6.07) is 0. The summed E-state index contributed by atoms with van der Waals surface area (Å²) in [4.78, 5) is 10.5. The van der Waals surface area contributed by atoms with Crippen molar-refractivity contribution in [1.29, 1.82) is 0 Å². The van der Waals surface area contributed by atoms with Crippen molar-refractivity contribution in [1.82, 2.24) is 0 Å². The van der Waals surface area contributed by atoms with E-state index in [9.17, 15) is 4.79 Å². The average Bonchev–Trinajstić information content (AvgIpc) is 2.16. The highest BCUT2D eigenvalue weighted by Crippen LogP contribution is 2.29. The van der Waals surface area contributed by atoms with Crippen molar-refractivity contribution < 1.29 is 14.6 Å². The summed E-state index contributed by atoms with van der Waals surface area (Å²) in [6.45, 7) is 4.07. The normalized spacial score (nSPS) is 28.7. The lowest BCUT2D eigenvalue weighted by molar-refractivity contribution is -0.141. The van der Waals surface area contributed by atoms with Gasteiger partial charge in [-0.25, -0.2) is 0 Å². The Balaban J connectivity index is 2.27. The van der Waals surface area contributed by atoms with Crippen molar-refractivity contribution in [2.45, 2.75) is 64.6 Å². The molecule has 0 heterocycles. The van der Waals surface area contributed by atoms with Crippen LogP contribution in [-0.4, -0.2) is 23.3 Å². The third-order valence-corrected chi connectivity index (χ3v) is 3.20. The Morgan fingerprint density at radius 3 is 2.87 bits per heavy atom. The van der Waals surface area contributed by atoms with Gasteiger partial charge in [0, 0.05) is 0 Å². The maximum Gasteiger partial charge on any atom is 0.305 e. The highest BCUT2D eigenvalue weighted by atomic mass is 16.5. The van der Waals surface area contributed by atoms with Gasteiger partial charge in [0.2, 0.25) is 0 Å². The molecule has 0 bridgehead atoms. The van der Waals surface area contributed by atoms with E-state index in [1.807, 2.05) is 6.92 Å². The summed E-state index contributed by atoms with van der Waals surface area (Å²) in [7, 11) is 0. The minimum absolute atomic E-state index is 0.118. The molecule has 1 aliphatic rings. The molecule has 0 aromatic carbocycles. The van der Waals surface area contributed by atoms with E-state index in [1.54, 1.807) is 0 Å². The molecule has 3 atom stereocenters. The molecule has 3 heteroatoms. The van der Waals surface area contributed by atoms with E-state index in [0.29, 0.717) is 0 Å². The number of hydrogen-bond donors (Lipinski definition) is 1. The standard InChI is InChI=1S/C12H22O3/c1-3-10-5-4-6-11(8-10)15-9(2)7-12(13)14/h9-11H,3-8H2,1-2H3,(H,13,14)/t9-,10?,11?/m0/s1. The van der Waals surface area contributed by atoms with Crippen molar-refractivity contribution in [3.8, 4) is 0 Å². The van der Waals surface area contributed by atoms with E-state index < -0.39 is 5.97 Å². The first-order valence-electron chi connectivity index (χ1n) is 5.99. The second-order valence-electron chi connectivity index (χ2n) is 4.61. The third-order valence-electron chi connectivity index (χ3n) is 3.20. The van der Waals surface area contributed by atoms with Gasteiger partial charge in [0.05, 0.1) is 18.6 Å². The number of carbonyl (C=O) groups is 1. The zero-order valence-electron chi connectivity index (χ0n) is 9.74. The molecule has 1 saturated carbocycles. The molecule has 1 rings (SSSR count). The lowest BCUT2D eigenvalue weighted by Gasteiger charge is -2.30. The molecule has 15 heavy (non-hydrogen) atoms. The van der Waals surface area contributed by atoms with Gasteiger partial charge in [0.1, 0.15) is 0 Å². The van der Waals surface area contributed by atoms with Crippen LogP contribution in [0.3, 0.4) is 0 Å². The van der Waals surface area contributed by atoms with Gasteiger partial charge in [-0.05, 0) is 25.7 Å². The summed E-state index contributed by atoms with van der Waals surface area (Å²) < 4.78 is 5.75. The molecular weight excluding hydrogens is 192 g/mol. The average molecular weight is 214 g/mol. The lowest BCUT2D eigenvalue weighted by atomic mass is 9.85. The van der Waals surface area contributed by atoms with Gasteiger partial charge >= 0.3 is 5.97 Å². The smallest absolute Gasteiger partial charge is 0.305 e. The molecule has 1 aliphatic carbocycles. The molecule has 0 aliphatic heterocycles. The fourth-order valence-electron chi connectivity index (χ4n) is 2.36. The molecule has 1 fully saturated rings. The molecule has 88 valence electrons. The number of aliphatic carboxylic acids is 1. The Labute approximate surface area is 91.8 Å². The van der Waals surface area contributed by atoms with Crippen LogP contribution >= 0.6 is 0 Å². The number of ether oxygens (including phenoxy) is 1. The molecule has 0 saturated heterocycles. The van der Waals surface area contributed by atoms with Crippen LogP contribution in [0.4, 0.5) is 0 Å². The van der Waals surface area contributed by atoms with Crippen molar-refractivity contribution >= 4 is 5.97 Å². The summed E-state index contributed by atoms with van der Waals surface area (Å²) in [5, 5.41) is 8.63. The van der Waals surface area contributed by atoms with Crippen molar-refractivity contribution in [2.75, 3.05) is 0 Å². The van der Waals surface area contributed by atoms with Crippen LogP contribution in [0, 0.1) is 5.92 Å². The van der Waals surface area contributed by atoms with Gasteiger partial charge in [0.25, 0.3) is 0 Å². The number of carboxylic acids is 1. The van der Waals surface area contributed by atoms with Crippen LogP contribution in [0.25, 0.3) is 0 Å². The van der Waals surface area contributed by atoms with Crippen molar-refractivity contribution in [3.63, 3.8) is 0 Å². The first-order valence-corrected chi connectivity index (χ1v) is 5.99. The molecule has 3 nitrogen and oxygen atoms in total. The summed E-state index contributed by atoms with van der Waals surface area (Å²) in [5.41, 5.74) is 0. The largest absolute Gasteiger partial charge is 0.481 e.